The third-order valence-electron chi connectivity index (χ3n) is 5.79. The number of likely N-dealkylation sites (N-methyl/N-ethyl adjacent to an activating group) is 2. The lowest BCUT2D eigenvalue weighted by Crippen LogP contribution is -2.53. The maximum atomic E-state index is 5.41. The van der Waals surface area contributed by atoms with Gasteiger partial charge in [0.2, 0.25) is 0 Å². The Morgan fingerprint density at radius 2 is 1.86 bits per heavy atom. The highest BCUT2D eigenvalue weighted by Gasteiger charge is 2.20. The second-order valence-electron chi connectivity index (χ2n) is 7.61. The van der Waals surface area contributed by atoms with Gasteiger partial charge in [-0.25, -0.2) is 0 Å². The third kappa shape index (κ3) is 6.78. The molecule has 0 bridgehead atoms. The summed E-state index contributed by atoms with van der Waals surface area (Å²) in [6.07, 6.45) is 0.909. The molecule has 0 saturated carbocycles. The van der Waals surface area contributed by atoms with Crippen LogP contribution >= 0.6 is 0 Å². The number of piperazine rings is 1. The fourth-order valence-corrected chi connectivity index (χ4v) is 3.71. The molecule has 0 aliphatic carbocycles. The van der Waals surface area contributed by atoms with Crippen molar-refractivity contribution in [1.82, 2.24) is 20.0 Å². The van der Waals surface area contributed by atoms with Crippen molar-refractivity contribution >= 4 is 5.96 Å². The van der Waals surface area contributed by atoms with Crippen molar-refractivity contribution in [2.45, 2.75) is 26.3 Å². The molecule has 0 spiro atoms. The first-order valence-electron chi connectivity index (χ1n) is 10.6. The highest BCUT2D eigenvalue weighted by Crippen LogP contribution is 2.27. The lowest BCUT2D eigenvalue weighted by Gasteiger charge is -2.38. The molecule has 1 aliphatic heterocycles. The maximum absolute atomic E-state index is 5.41. The van der Waals surface area contributed by atoms with Crippen LogP contribution in [-0.2, 0) is 6.42 Å². The molecule has 1 heterocycles. The van der Waals surface area contributed by atoms with Crippen molar-refractivity contribution in [1.29, 1.82) is 0 Å². The molecule has 7 heteroatoms. The van der Waals surface area contributed by atoms with Crippen molar-refractivity contribution in [3.8, 4) is 11.5 Å². The van der Waals surface area contributed by atoms with Gasteiger partial charge < -0.3 is 24.6 Å². The molecule has 164 valence electrons. The lowest BCUT2D eigenvalue weighted by molar-refractivity contribution is 0.107. The van der Waals surface area contributed by atoms with E-state index in [0.717, 1.165) is 56.6 Å². The van der Waals surface area contributed by atoms with Gasteiger partial charge in [-0.3, -0.25) is 9.89 Å². The number of hydrogen-bond donors (Lipinski definition) is 1. The Hall–Kier alpha value is -1.99. The third-order valence-corrected chi connectivity index (χ3v) is 5.79. The highest BCUT2D eigenvalue weighted by atomic mass is 16.5. The Balaban J connectivity index is 1.80. The average molecular weight is 406 g/mol. The summed E-state index contributed by atoms with van der Waals surface area (Å²) in [5.41, 5.74) is 1.21. The van der Waals surface area contributed by atoms with Crippen LogP contribution in [0, 0.1) is 0 Å². The van der Waals surface area contributed by atoms with Gasteiger partial charge in [-0.2, -0.15) is 0 Å². The number of guanidine groups is 1. The molecule has 0 amide bonds. The van der Waals surface area contributed by atoms with Crippen LogP contribution in [0.15, 0.2) is 23.2 Å². The highest BCUT2D eigenvalue weighted by molar-refractivity contribution is 5.79. The summed E-state index contributed by atoms with van der Waals surface area (Å²) in [4.78, 5) is 11.7. The number of ether oxygens (including phenoxy) is 2. The largest absolute Gasteiger partial charge is 0.493 e. The van der Waals surface area contributed by atoms with Gasteiger partial charge in [-0.05, 0) is 37.6 Å². The van der Waals surface area contributed by atoms with Crippen molar-refractivity contribution in [2.75, 3.05) is 74.1 Å². The Morgan fingerprint density at radius 1 is 1.17 bits per heavy atom. The predicted octanol–water partition coefficient (Wildman–Crippen LogP) is 1.78. The zero-order chi connectivity index (χ0) is 21.2. The quantitative estimate of drug-likeness (QED) is 0.499. The molecule has 1 aliphatic rings. The molecule has 0 aromatic heterocycles. The molecule has 1 saturated heterocycles. The summed E-state index contributed by atoms with van der Waals surface area (Å²) in [6, 6.07) is 6.58. The van der Waals surface area contributed by atoms with Gasteiger partial charge >= 0.3 is 0 Å². The Labute approximate surface area is 176 Å². The molecule has 29 heavy (non-hydrogen) atoms. The normalized spacial score (nSPS) is 17.1. The van der Waals surface area contributed by atoms with E-state index in [1.807, 2.05) is 19.2 Å². The average Bonchev–Trinajstić information content (AvgIpc) is 2.77. The molecule has 7 nitrogen and oxygen atoms in total. The fourth-order valence-electron chi connectivity index (χ4n) is 3.71. The summed E-state index contributed by atoms with van der Waals surface area (Å²) in [7, 11) is 7.26. The number of benzene rings is 1. The number of nitrogens with zero attached hydrogens (tertiary/aromatic N) is 4. The van der Waals surface area contributed by atoms with Gasteiger partial charge in [0.15, 0.2) is 17.5 Å². The van der Waals surface area contributed by atoms with E-state index < -0.39 is 0 Å². The number of hydrogen-bond acceptors (Lipinski definition) is 5. The molecule has 1 N–H and O–H groups in total. The van der Waals surface area contributed by atoms with Crippen molar-refractivity contribution in [3.63, 3.8) is 0 Å². The summed E-state index contributed by atoms with van der Waals surface area (Å²) in [5, 5.41) is 3.54. The maximum Gasteiger partial charge on any atom is 0.193 e. The SMILES string of the molecule is CCN1CCN(C(C)CNC(=NC)N(C)CCc2ccc(OC)c(OC)c2)CC1. The molecule has 1 atom stereocenters. The van der Waals surface area contributed by atoms with Crippen molar-refractivity contribution in [3.05, 3.63) is 23.8 Å². The van der Waals surface area contributed by atoms with Crippen molar-refractivity contribution in [2.24, 2.45) is 4.99 Å². The Bertz CT molecular complexity index is 644. The number of methoxy groups -OCH3 is 2. The zero-order valence-electron chi connectivity index (χ0n) is 19.1. The lowest BCUT2D eigenvalue weighted by atomic mass is 10.1. The minimum Gasteiger partial charge on any atom is -0.493 e. The van der Waals surface area contributed by atoms with Crippen LogP contribution in [0.4, 0.5) is 0 Å². The topological polar surface area (TPSA) is 52.6 Å². The van der Waals surface area contributed by atoms with E-state index in [-0.39, 0.29) is 0 Å². The molecule has 1 aromatic rings. The number of aliphatic imine (C=N–C) groups is 1. The van der Waals surface area contributed by atoms with Gasteiger partial charge in [0, 0.05) is 59.4 Å². The molecule has 0 radical (unpaired) electrons. The minimum atomic E-state index is 0.491. The standard InChI is InChI=1S/C22H39N5O2/c1-7-26-12-14-27(15-13-26)18(2)17-24-22(23-3)25(4)11-10-19-8-9-20(28-5)21(16-19)29-6/h8-9,16,18H,7,10-15,17H2,1-6H3,(H,23,24). The zero-order valence-corrected chi connectivity index (χ0v) is 19.1. The van der Waals surface area contributed by atoms with Gasteiger partial charge in [0.05, 0.1) is 14.2 Å². The van der Waals surface area contributed by atoms with Crippen LogP contribution in [0.25, 0.3) is 0 Å². The number of nitrogens with one attached hydrogen (secondary N) is 1. The van der Waals surface area contributed by atoms with Crippen LogP contribution in [0.5, 0.6) is 11.5 Å². The molecule has 1 unspecified atom stereocenters. The van der Waals surface area contributed by atoms with E-state index in [9.17, 15) is 0 Å². The van der Waals surface area contributed by atoms with E-state index in [2.05, 4.69) is 52.0 Å². The molecular formula is C22H39N5O2. The van der Waals surface area contributed by atoms with E-state index in [1.54, 1.807) is 14.2 Å². The second kappa shape index (κ2) is 11.9. The summed E-state index contributed by atoms with van der Waals surface area (Å²) in [6.45, 7) is 12.1. The molecule has 1 aromatic carbocycles. The first-order valence-corrected chi connectivity index (χ1v) is 10.6. The molecular weight excluding hydrogens is 366 g/mol. The summed E-state index contributed by atoms with van der Waals surface area (Å²) < 4.78 is 10.7. The monoisotopic (exact) mass is 405 g/mol. The fraction of sp³-hybridized carbons (Fsp3) is 0.682. The minimum absolute atomic E-state index is 0.491. The van der Waals surface area contributed by atoms with E-state index >= 15 is 0 Å². The van der Waals surface area contributed by atoms with Gasteiger partial charge in [0.25, 0.3) is 0 Å². The smallest absolute Gasteiger partial charge is 0.193 e. The van der Waals surface area contributed by atoms with E-state index in [0.29, 0.717) is 6.04 Å². The number of rotatable bonds is 9. The Morgan fingerprint density at radius 3 is 2.45 bits per heavy atom. The first-order chi connectivity index (χ1) is 14.0. The summed E-state index contributed by atoms with van der Waals surface area (Å²) >= 11 is 0. The van der Waals surface area contributed by atoms with Crippen LogP contribution in [0.2, 0.25) is 0 Å². The van der Waals surface area contributed by atoms with Gasteiger partial charge in [-0.1, -0.05) is 13.0 Å². The van der Waals surface area contributed by atoms with Crippen LogP contribution in [0.3, 0.4) is 0 Å². The summed E-state index contributed by atoms with van der Waals surface area (Å²) in [5.74, 6) is 2.47. The van der Waals surface area contributed by atoms with Crippen molar-refractivity contribution < 1.29 is 9.47 Å². The molecule has 2 rings (SSSR count). The van der Waals surface area contributed by atoms with Gasteiger partial charge in [0.1, 0.15) is 0 Å². The second-order valence-corrected chi connectivity index (χ2v) is 7.61. The van der Waals surface area contributed by atoms with E-state index in [4.69, 9.17) is 9.47 Å². The van der Waals surface area contributed by atoms with Crippen LogP contribution in [-0.4, -0.2) is 101 Å². The predicted molar refractivity (Wildman–Crippen MR) is 120 cm³/mol. The Kier molecular flexibility index (Phi) is 9.54. The van der Waals surface area contributed by atoms with Crippen LogP contribution < -0.4 is 14.8 Å². The van der Waals surface area contributed by atoms with Crippen LogP contribution in [0.1, 0.15) is 19.4 Å². The van der Waals surface area contributed by atoms with E-state index in [1.165, 1.54) is 18.7 Å². The van der Waals surface area contributed by atoms with Gasteiger partial charge in [-0.15, -0.1) is 0 Å². The first kappa shape index (κ1) is 23.3. The molecule has 1 fully saturated rings.